The number of carbonyl (C=O) groups is 1. The van der Waals surface area contributed by atoms with E-state index in [1.807, 2.05) is 35.2 Å². The quantitative estimate of drug-likeness (QED) is 0.270. The van der Waals surface area contributed by atoms with Crippen molar-refractivity contribution in [3.05, 3.63) is 75.9 Å². The number of amides is 2. The van der Waals surface area contributed by atoms with Gasteiger partial charge in [0.05, 0.1) is 28.5 Å². The summed E-state index contributed by atoms with van der Waals surface area (Å²) in [5.41, 5.74) is 2.18. The molecule has 2 fully saturated rings. The van der Waals surface area contributed by atoms with Crippen molar-refractivity contribution in [2.45, 2.75) is 30.7 Å². The maximum Gasteiger partial charge on any atom is 0.320 e. The predicted molar refractivity (Wildman–Crippen MR) is 164 cm³/mol. The highest BCUT2D eigenvalue weighted by Crippen LogP contribution is 2.38. The predicted octanol–water partition coefficient (Wildman–Crippen LogP) is 4.51. The average molecular weight is 682 g/mol. The van der Waals surface area contributed by atoms with Gasteiger partial charge in [-0.3, -0.25) is 15.1 Å². The van der Waals surface area contributed by atoms with Crippen LogP contribution in [-0.4, -0.2) is 92.7 Å². The first-order valence-corrected chi connectivity index (χ1v) is 16.2. The van der Waals surface area contributed by atoms with Gasteiger partial charge in [0.25, 0.3) is 0 Å². The molecule has 0 radical (unpaired) electrons. The van der Waals surface area contributed by atoms with Crippen LogP contribution in [0.4, 0.5) is 19.4 Å². The van der Waals surface area contributed by atoms with E-state index in [2.05, 4.69) is 31.5 Å². The molecule has 10 nitrogen and oxygen atoms in total. The molecule has 0 saturated carbocycles. The number of ether oxygens (including phenoxy) is 1. The number of benzene rings is 2. The number of hydrogen-bond acceptors (Lipinski definition) is 6. The lowest BCUT2D eigenvalue weighted by molar-refractivity contribution is 0.159. The number of nitrogens with one attached hydrogen (secondary N) is 2. The Hall–Kier alpha value is -2.75. The number of methoxy groups -OCH3 is 1. The highest BCUT2D eigenvalue weighted by molar-refractivity contribution is 9.10. The molecule has 1 unspecified atom stereocenters. The van der Waals surface area contributed by atoms with Crippen LogP contribution < -0.4 is 10.6 Å². The molecule has 1 aromatic heterocycles. The summed E-state index contributed by atoms with van der Waals surface area (Å²) in [6, 6.07) is 12.5. The minimum Gasteiger partial charge on any atom is -0.383 e. The van der Waals surface area contributed by atoms with Gasteiger partial charge in [0.1, 0.15) is 5.88 Å². The Morgan fingerprint density at radius 2 is 1.86 bits per heavy atom. The summed E-state index contributed by atoms with van der Waals surface area (Å²) >= 11 is 1.83. The third kappa shape index (κ3) is 7.67. The number of likely N-dealkylation sites (tertiary alicyclic amines) is 2. The van der Waals surface area contributed by atoms with Crippen molar-refractivity contribution in [2.75, 3.05) is 57.6 Å². The fourth-order valence-electron chi connectivity index (χ4n) is 5.86. The van der Waals surface area contributed by atoms with Crippen LogP contribution in [0.3, 0.4) is 0 Å². The van der Waals surface area contributed by atoms with Gasteiger partial charge in [0.2, 0.25) is 0 Å². The third-order valence-electron chi connectivity index (χ3n) is 8.05. The van der Waals surface area contributed by atoms with E-state index in [9.17, 15) is 22.3 Å². The zero-order valence-corrected chi connectivity index (χ0v) is 26.1. The van der Waals surface area contributed by atoms with Crippen molar-refractivity contribution in [1.29, 1.82) is 0 Å². The molecular weight excluding hydrogens is 646 g/mol. The monoisotopic (exact) mass is 680 g/mol. The van der Waals surface area contributed by atoms with Gasteiger partial charge in [-0.05, 0) is 71.7 Å². The number of para-hydroxylation sites is 1. The number of piperidine rings is 1. The molecule has 43 heavy (non-hydrogen) atoms. The van der Waals surface area contributed by atoms with Gasteiger partial charge in [-0.15, -0.1) is 0 Å². The summed E-state index contributed by atoms with van der Waals surface area (Å²) in [6.07, 6.45) is 1.51. The Labute approximate surface area is 260 Å². The van der Waals surface area contributed by atoms with Gasteiger partial charge in [0, 0.05) is 38.6 Å². The SMILES string of the molecule is COCCN1C[C@@H](NC(=O)Nc2c(Br)c(C3CCN(CS(=O)O)CC3)nn2-c2ccccc2)[C@H](c2ccc(F)c(F)c2)C1. The smallest absolute Gasteiger partial charge is 0.320 e. The van der Waals surface area contributed by atoms with Crippen LogP contribution in [0.5, 0.6) is 0 Å². The minimum atomic E-state index is -1.88. The van der Waals surface area contributed by atoms with Gasteiger partial charge in [-0.1, -0.05) is 24.3 Å². The average Bonchev–Trinajstić information content (AvgIpc) is 3.54. The first-order chi connectivity index (χ1) is 20.7. The number of anilines is 1. The number of aromatic nitrogens is 2. The number of urea groups is 1. The molecule has 2 saturated heterocycles. The number of hydrogen-bond donors (Lipinski definition) is 3. The molecule has 14 heteroatoms. The second kappa shape index (κ2) is 14.4. The molecule has 2 aliphatic rings. The maximum atomic E-state index is 14.1. The Morgan fingerprint density at radius 3 is 2.53 bits per heavy atom. The fraction of sp³-hybridized carbons (Fsp3) is 0.448. The van der Waals surface area contributed by atoms with Crippen LogP contribution in [0.1, 0.15) is 35.9 Å². The van der Waals surface area contributed by atoms with E-state index >= 15 is 0 Å². The van der Waals surface area contributed by atoms with E-state index in [1.54, 1.807) is 17.9 Å². The van der Waals surface area contributed by atoms with Gasteiger partial charge >= 0.3 is 6.03 Å². The molecule has 0 bridgehead atoms. The molecule has 2 aromatic carbocycles. The summed E-state index contributed by atoms with van der Waals surface area (Å²) in [7, 11) is 1.62. The molecule has 3 N–H and O–H groups in total. The summed E-state index contributed by atoms with van der Waals surface area (Å²) in [5, 5.41) is 11.0. The number of carbonyl (C=O) groups excluding carboxylic acids is 1. The summed E-state index contributed by atoms with van der Waals surface area (Å²) < 4.78 is 55.9. The van der Waals surface area contributed by atoms with E-state index in [1.165, 1.54) is 6.07 Å². The minimum absolute atomic E-state index is 0.0910. The zero-order chi connectivity index (χ0) is 30.5. The van der Waals surface area contributed by atoms with Crippen molar-refractivity contribution >= 4 is 38.9 Å². The van der Waals surface area contributed by atoms with Gasteiger partial charge in [-0.2, -0.15) is 5.10 Å². The Morgan fingerprint density at radius 1 is 1.12 bits per heavy atom. The first kappa shape index (κ1) is 31.7. The summed E-state index contributed by atoms with van der Waals surface area (Å²) in [4.78, 5) is 17.6. The van der Waals surface area contributed by atoms with Crippen LogP contribution in [0, 0.1) is 11.6 Å². The molecule has 3 heterocycles. The van der Waals surface area contributed by atoms with E-state index in [4.69, 9.17) is 9.84 Å². The van der Waals surface area contributed by atoms with Crippen LogP contribution in [-0.2, 0) is 15.8 Å². The van der Waals surface area contributed by atoms with Crippen molar-refractivity contribution < 1.29 is 27.1 Å². The zero-order valence-electron chi connectivity index (χ0n) is 23.7. The molecule has 3 atom stereocenters. The van der Waals surface area contributed by atoms with Gasteiger partial charge in [0.15, 0.2) is 28.5 Å². The fourth-order valence-corrected chi connectivity index (χ4v) is 7.10. The number of rotatable bonds is 10. The molecule has 0 aliphatic carbocycles. The Balaban J connectivity index is 1.37. The number of nitrogens with zero attached hydrogens (tertiary/aromatic N) is 4. The third-order valence-corrected chi connectivity index (χ3v) is 9.42. The van der Waals surface area contributed by atoms with E-state index in [0.29, 0.717) is 55.2 Å². The second-order valence-electron chi connectivity index (χ2n) is 10.9. The maximum absolute atomic E-state index is 14.1. The largest absolute Gasteiger partial charge is 0.383 e. The summed E-state index contributed by atoms with van der Waals surface area (Å²) in [5.74, 6) is -1.41. The van der Waals surface area contributed by atoms with Crippen molar-refractivity contribution in [2.24, 2.45) is 0 Å². The lowest BCUT2D eigenvalue weighted by Gasteiger charge is -2.30. The Kier molecular flexibility index (Phi) is 10.6. The standard InChI is InChI=1S/C29H35BrF2N6O4S/c1-42-14-13-37-16-22(20-7-8-23(31)24(32)15-20)25(17-37)33-29(39)34-28-26(30)27(35-38(28)21-5-3-2-4-6-21)19-9-11-36(12-10-19)18-43(40)41/h2-8,15,19,22,25H,9-14,16-18H2,1H3,(H,40,41)(H2,33,34,39)/t22-,25+/m0/s1. The molecular formula is C29H35BrF2N6O4S. The molecule has 232 valence electrons. The topological polar surface area (TPSA) is 112 Å². The highest BCUT2D eigenvalue weighted by atomic mass is 79.9. The lowest BCUT2D eigenvalue weighted by Crippen LogP contribution is -2.42. The lowest BCUT2D eigenvalue weighted by atomic mass is 9.94. The van der Waals surface area contributed by atoms with E-state index in [-0.39, 0.29) is 23.8 Å². The van der Waals surface area contributed by atoms with Crippen LogP contribution in [0.2, 0.25) is 0 Å². The summed E-state index contributed by atoms with van der Waals surface area (Å²) in [6.45, 7) is 3.54. The molecule has 3 aromatic rings. The van der Waals surface area contributed by atoms with Gasteiger partial charge < -0.3 is 14.6 Å². The van der Waals surface area contributed by atoms with E-state index in [0.717, 1.165) is 30.3 Å². The van der Waals surface area contributed by atoms with Crippen LogP contribution in [0.25, 0.3) is 5.69 Å². The molecule has 5 rings (SSSR count). The van der Waals surface area contributed by atoms with Crippen LogP contribution in [0.15, 0.2) is 53.0 Å². The van der Waals surface area contributed by atoms with Crippen molar-refractivity contribution in [3.8, 4) is 5.69 Å². The number of halogens is 3. The van der Waals surface area contributed by atoms with E-state index < -0.39 is 28.7 Å². The van der Waals surface area contributed by atoms with Crippen molar-refractivity contribution in [3.63, 3.8) is 0 Å². The highest BCUT2D eigenvalue weighted by Gasteiger charge is 2.36. The van der Waals surface area contributed by atoms with Gasteiger partial charge in [-0.25, -0.2) is 22.5 Å². The molecule has 2 amide bonds. The molecule has 2 aliphatic heterocycles. The van der Waals surface area contributed by atoms with Crippen molar-refractivity contribution in [1.82, 2.24) is 24.9 Å². The molecule has 0 spiro atoms. The van der Waals surface area contributed by atoms with Crippen LogP contribution >= 0.6 is 15.9 Å². The first-order valence-electron chi connectivity index (χ1n) is 14.1. The second-order valence-corrected chi connectivity index (χ2v) is 12.6. The Bertz CT molecular complexity index is 1440. The normalized spacial score (nSPS) is 20.8.